The second-order valence-corrected chi connectivity index (χ2v) is 9.53. The first-order valence-corrected chi connectivity index (χ1v) is 11.6. The summed E-state index contributed by atoms with van der Waals surface area (Å²) in [6.45, 7) is 1.86. The lowest BCUT2D eigenvalue weighted by Crippen LogP contribution is -2.18. The first-order chi connectivity index (χ1) is 14.3. The van der Waals surface area contributed by atoms with E-state index in [-0.39, 0.29) is 10.6 Å². The van der Waals surface area contributed by atoms with E-state index in [0.29, 0.717) is 20.1 Å². The molecule has 0 unspecified atom stereocenters. The third-order valence-corrected chi connectivity index (χ3v) is 6.40. The molecule has 9 heteroatoms. The van der Waals surface area contributed by atoms with Gasteiger partial charge in [-0.2, -0.15) is 13.5 Å². The molecule has 3 aromatic carbocycles. The van der Waals surface area contributed by atoms with Gasteiger partial charge >= 0.3 is 10.1 Å². The number of hydrazone groups is 1. The Morgan fingerprint density at radius 3 is 2.43 bits per heavy atom. The Kier molecular flexibility index (Phi) is 7.06. The molecule has 0 aliphatic carbocycles. The highest BCUT2D eigenvalue weighted by Gasteiger charge is 2.18. The van der Waals surface area contributed by atoms with E-state index in [2.05, 4.69) is 42.4 Å². The fraction of sp³-hybridized carbons (Fsp3) is 0.0476. The molecule has 0 saturated heterocycles. The van der Waals surface area contributed by atoms with Crippen LogP contribution in [0.15, 0.2) is 85.7 Å². The van der Waals surface area contributed by atoms with Crippen LogP contribution < -0.4 is 9.61 Å². The van der Waals surface area contributed by atoms with Crippen molar-refractivity contribution < 1.29 is 17.4 Å². The zero-order chi connectivity index (χ0) is 21.7. The van der Waals surface area contributed by atoms with Crippen LogP contribution in [0.2, 0.25) is 0 Å². The fourth-order valence-electron chi connectivity index (χ4n) is 2.43. The first-order valence-electron chi connectivity index (χ1n) is 8.65. The van der Waals surface area contributed by atoms with Gasteiger partial charge in [0.1, 0.15) is 4.90 Å². The van der Waals surface area contributed by atoms with Gasteiger partial charge in [0.05, 0.1) is 11.8 Å². The molecule has 0 aliphatic rings. The number of hydrogen-bond donors (Lipinski definition) is 1. The molecule has 1 N–H and O–H groups in total. The lowest BCUT2D eigenvalue weighted by atomic mass is 10.2. The standard InChI is InChI=1S/C21H16Br2N2O4S/c1-14-6-9-17(10-7-14)30(27,28)29-20-11-8-16(22)12-15(20)13-24-25-21(26)18-4-2-3-5-19(18)23/h2-13H,1H3,(H,25,26)/b24-13-. The first kappa shape index (κ1) is 22.2. The summed E-state index contributed by atoms with van der Waals surface area (Å²) in [6.07, 6.45) is 1.32. The van der Waals surface area contributed by atoms with Gasteiger partial charge in [-0.1, -0.05) is 45.8 Å². The maximum absolute atomic E-state index is 12.6. The van der Waals surface area contributed by atoms with Crippen LogP contribution in [-0.2, 0) is 10.1 Å². The summed E-state index contributed by atoms with van der Waals surface area (Å²) in [5.41, 5.74) is 4.14. The quantitative estimate of drug-likeness (QED) is 0.264. The van der Waals surface area contributed by atoms with E-state index in [1.54, 1.807) is 48.5 Å². The number of benzene rings is 3. The van der Waals surface area contributed by atoms with Crippen molar-refractivity contribution in [3.8, 4) is 5.75 Å². The molecular formula is C21H16Br2N2O4S. The maximum Gasteiger partial charge on any atom is 0.339 e. The lowest BCUT2D eigenvalue weighted by Gasteiger charge is -2.10. The van der Waals surface area contributed by atoms with Crippen molar-refractivity contribution in [3.05, 3.63) is 92.4 Å². The molecular weight excluding hydrogens is 536 g/mol. The molecule has 3 rings (SSSR count). The van der Waals surface area contributed by atoms with E-state index in [4.69, 9.17) is 4.18 Å². The Bertz CT molecular complexity index is 1210. The van der Waals surface area contributed by atoms with Crippen molar-refractivity contribution in [3.63, 3.8) is 0 Å². The highest BCUT2D eigenvalue weighted by atomic mass is 79.9. The normalized spacial score (nSPS) is 11.4. The van der Waals surface area contributed by atoms with Crippen LogP contribution in [0.3, 0.4) is 0 Å². The summed E-state index contributed by atoms with van der Waals surface area (Å²) in [4.78, 5) is 12.3. The van der Waals surface area contributed by atoms with E-state index in [1.165, 1.54) is 24.4 Å². The molecule has 154 valence electrons. The second-order valence-electron chi connectivity index (χ2n) is 6.21. The molecule has 0 fully saturated rings. The molecule has 0 radical (unpaired) electrons. The number of halogens is 2. The van der Waals surface area contributed by atoms with E-state index in [9.17, 15) is 13.2 Å². The number of nitrogens with zero attached hydrogens (tertiary/aromatic N) is 1. The van der Waals surface area contributed by atoms with Crippen LogP contribution in [0.4, 0.5) is 0 Å². The summed E-state index contributed by atoms with van der Waals surface area (Å²) in [5.74, 6) is -0.332. The Balaban J connectivity index is 1.81. The summed E-state index contributed by atoms with van der Waals surface area (Å²) >= 11 is 6.64. The second kappa shape index (κ2) is 9.55. The number of rotatable bonds is 6. The third-order valence-electron chi connectivity index (χ3n) is 3.97. The van der Waals surface area contributed by atoms with Gasteiger partial charge in [0.2, 0.25) is 0 Å². The van der Waals surface area contributed by atoms with Crippen LogP contribution in [0, 0.1) is 6.92 Å². The highest BCUT2D eigenvalue weighted by molar-refractivity contribution is 9.10. The van der Waals surface area contributed by atoms with Crippen molar-refractivity contribution in [1.82, 2.24) is 5.43 Å². The van der Waals surface area contributed by atoms with Crippen molar-refractivity contribution in [1.29, 1.82) is 0 Å². The predicted molar refractivity (Wildman–Crippen MR) is 122 cm³/mol. The topological polar surface area (TPSA) is 84.8 Å². The SMILES string of the molecule is Cc1ccc(S(=O)(=O)Oc2ccc(Br)cc2/C=N\NC(=O)c2ccccc2Br)cc1. The number of hydrogen-bond acceptors (Lipinski definition) is 5. The number of carbonyl (C=O) groups is 1. The Labute approximate surface area is 191 Å². The number of nitrogens with one attached hydrogen (secondary N) is 1. The van der Waals surface area contributed by atoms with Crippen LogP contribution in [0.1, 0.15) is 21.5 Å². The monoisotopic (exact) mass is 550 g/mol. The van der Waals surface area contributed by atoms with Crippen LogP contribution >= 0.6 is 31.9 Å². The average Bonchev–Trinajstić information content (AvgIpc) is 2.70. The summed E-state index contributed by atoms with van der Waals surface area (Å²) in [5, 5.41) is 3.93. The smallest absolute Gasteiger partial charge is 0.339 e. The number of amides is 1. The third kappa shape index (κ3) is 5.56. The van der Waals surface area contributed by atoms with Crippen LogP contribution in [0.5, 0.6) is 5.75 Å². The van der Waals surface area contributed by atoms with Gasteiger partial charge in [-0.05, 0) is 65.3 Å². The van der Waals surface area contributed by atoms with Crippen LogP contribution in [-0.4, -0.2) is 20.5 Å². The maximum atomic E-state index is 12.6. The van der Waals surface area contributed by atoms with Gasteiger partial charge in [-0.15, -0.1) is 0 Å². The Hall–Kier alpha value is -2.49. The molecule has 1 amide bonds. The van der Waals surface area contributed by atoms with Crippen LogP contribution in [0.25, 0.3) is 0 Å². The summed E-state index contributed by atoms with van der Waals surface area (Å²) in [6, 6.07) is 18.1. The zero-order valence-corrected chi connectivity index (χ0v) is 19.7. The van der Waals surface area contributed by atoms with Crippen molar-refractivity contribution in [2.45, 2.75) is 11.8 Å². The van der Waals surface area contributed by atoms with Gasteiger partial charge in [-0.3, -0.25) is 4.79 Å². The minimum atomic E-state index is -4.03. The minimum Gasteiger partial charge on any atom is -0.378 e. The molecule has 0 atom stereocenters. The van der Waals surface area contributed by atoms with Gasteiger partial charge < -0.3 is 4.18 Å². The molecule has 6 nitrogen and oxygen atoms in total. The van der Waals surface area contributed by atoms with Gasteiger partial charge in [-0.25, -0.2) is 5.43 Å². The van der Waals surface area contributed by atoms with Gasteiger partial charge in [0, 0.05) is 14.5 Å². The van der Waals surface area contributed by atoms with E-state index in [1.807, 2.05) is 6.92 Å². The van der Waals surface area contributed by atoms with Gasteiger partial charge in [0.15, 0.2) is 5.75 Å². The highest BCUT2D eigenvalue weighted by Crippen LogP contribution is 2.25. The van der Waals surface area contributed by atoms with E-state index in [0.717, 1.165) is 5.56 Å². The molecule has 0 aromatic heterocycles. The van der Waals surface area contributed by atoms with E-state index >= 15 is 0 Å². The largest absolute Gasteiger partial charge is 0.378 e. The summed E-state index contributed by atoms with van der Waals surface area (Å²) < 4.78 is 31.8. The molecule has 0 aliphatic heterocycles. The van der Waals surface area contributed by atoms with Crippen molar-refractivity contribution in [2.24, 2.45) is 5.10 Å². The lowest BCUT2D eigenvalue weighted by molar-refractivity contribution is 0.0954. The minimum absolute atomic E-state index is 0.0427. The molecule has 0 saturated carbocycles. The average molecular weight is 552 g/mol. The summed E-state index contributed by atoms with van der Waals surface area (Å²) in [7, 11) is -4.03. The molecule has 30 heavy (non-hydrogen) atoms. The number of aryl methyl sites for hydroxylation is 1. The predicted octanol–water partition coefficient (Wildman–Crippen LogP) is 5.05. The molecule has 3 aromatic rings. The van der Waals surface area contributed by atoms with E-state index < -0.39 is 16.0 Å². The Morgan fingerprint density at radius 1 is 1.03 bits per heavy atom. The Morgan fingerprint density at radius 2 is 1.73 bits per heavy atom. The fourth-order valence-corrected chi connectivity index (χ4v) is 4.23. The number of carbonyl (C=O) groups excluding carboxylic acids is 1. The molecule has 0 bridgehead atoms. The molecule has 0 spiro atoms. The zero-order valence-electron chi connectivity index (χ0n) is 15.7. The van der Waals surface area contributed by atoms with Crippen molar-refractivity contribution in [2.75, 3.05) is 0 Å². The van der Waals surface area contributed by atoms with Gasteiger partial charge in [0.25, 0.3) is 5.91 Å². The van der Waals surface area contributed by atoms with Crippen molar-refractivity contribution >= 4 is 54.1 Å². The molecule has 0 heterocycles.